The number of phenolic OH excluding ortho intramolecular Hbond substituents is 1. The standard InChI is InChI=1S/C23H32NOP/c1-8-24(9-2)15-18-12-10-11-16(3)22(18)26-20-14-19(23(5,6)7)13-17(4)21(20)25/h10-15,26H,8-9H2,1-7H3/p+1. The van der Waals surface area contributed by atoms with Crippen molar-refractivity contribution in [3.8, 4) is 5.75 Å². The SMILES string of the molecule is CC[N+](=Cc1cccc(C)c1Pc1cc(C(C)(C)C)cc(C)c1O)CC. The molecule has 0 radical (unpaired) electrons. The lowest BCUT2D eigenvalue weighted by molar-refractivity contribution is -0.515. The van der Waals surface area contributed by atoms with Crippen LogP contribution in [-0.4, -0.2) is 29.0 Å². The minimum atomic E-state index is 0.0690. The fourth-order valence-electron chi connectivity index (χ4n) is 3.01. The first-order valence-corrected chi connectivity index (χ1v) is 10.5. The molecule has 0 amide bonds. The zero-order valence-corrected chi connectivity index (χ0v) is 18.3. The van der Waals surface area contributed by atoms with Crippen LogP contribution in [0.3, 0.4) is 0 Å². The van der Waals surface area contributed by atoms with Crippen LogP contribution in [-0.2, 0) is 5.41 Å². The van der Waals surface area contributed by atoms with Crippen molar-refractivity contribution in [1.29, 1.82) is 0 Å². The van der Waals surface area contributed by atoms with E-state index in [0.717, 1.165) is 24.0 Å². The van der Waals surface area contributed by atoms with Gasteiger partial charge in [-0.05, 0) is 67.2 Å². The molecule has 140 valence electrons. The number of phenols is 1. The fraction of sp³-hybridized carbons (Fsp3) is 0.435. The van der Waals surface area contributed by atoms with Crippen LogP contribution in [0.2, 0.25) is 0 Å². The van der Waals surface area contributed by atoms with Gasteiger partial charge in [-0.3, -0.25) is 0 Å². The van der Waals surface area contributed by atoms with Crippen molar-refractivity contribution >= 4 is 25.4 Å². The molecule has 3 heteroatoms. The summed E-state index contributed by atoms with van der Waals surface area (Å²) in [5.41, 5.74) is 4.84. The Morgan fingerprint density at radius 2 is 1.69 bits per heavy atom. The van der Waals surface area contributed by atoms with Crippen LogP contribution >= 0.6 is 8.58 Å². The lowest BCUT2D eigenvalue weighted by Crippen LogP contribution is -2.20. The van der Waals surface area contributed by atoms with Crippen molar-refractivity contribution in [2.75, 3.05) is 13.1 Å². The summed E-state index contributed by atoms with van der Waals surface area (Å²) in [7, 11) is 0.440. The van der Waals surface area contributed by atoms with Gasteiger partial charge in [0.25, 0.3) is 0 Å². The van der Waals surface area contributed by atoms with Gasteiger partial charge in [-0.25, -0.2) is 4.58 Å². The maximum absolute atomic E-state index is 10.7. The number of aromatic hydroxyl groups is 1. The molecule has 2 aromatic rings. The van der Waals surface area contributed by atoms with Gasteiger partial charge in [-0.1, -0.05) is 47.6 Å². The molecule has 0 aliphatic rings. The monoisotopic (exact) mass is 370 g/mol. The van der Waals surface area contributed by atoms with E-state index in [9.17, 15) is 5.11 Å². The highest BCUT2D eigenvalue weighted by Gasteiger charge is 2.19. The van der Waals surface area contributed by atoms with E-state index in [4.69, 9.17) is 0 Å². The average Bonchev–Trinajstić information content (AvgIpc) is 2.57. The maximum atomic E-state index is 10.7. The van der Waals surface area contributed by atoms with Gasteiger partial charge in [0.2, 0.25) is 0 Å². The Bertz CT molecular complexity index is 810. The molecule has 0 heterocycles. The maximum Gasteiger partial charge on any atom is 0.171 e. The zero-order chi connectivity index (χ0) is 19.5. The molecule has 0 aliphatic heterocycles. The summed E-state index contributed by atoms with van der Waals surface area (Å²) < 4.78 is 2.32. The highest BCUT2D eigenvalue weighted by molar-refractivity contribution is 7.56. The van der Waals surface area contributed by atoms with Crippen LogP contribution < -0.4 is 10.6 Å². The molecule has 0 spiro atoms. The van der Waals surface area contributed by atoms with Crippen molar-refractivity contribution in [3.05, 3.63) is 52.6 Å². The van der Waals surface area contributed by atoms with Crippen LogP contribution in [0, 0.1) is 13.8 Å². The van der Waals surface area contributed by atoms with Crippen molar-refractivity contribution in [2.24, 2.45) is 0 Å². The Kier molecular flexibility index (Phi) is 6.64. The number of benzene rings is 2. The van der Waals surface area contributed by atoms with Crippen LogP contribution in [0.1, 0.15) is 56.9 Å². The van der Waals surface area contributed by atoms with Crippen LogP contribution in [0.5, 0.6) is 5.75 Å². The summed E-state index contributed by atoms with van der Waals surface area (Å²) >= 11 is 0. The predicted octanol–water partition coefficient (Wildman–Crippen LogP) is 4.41. The van der Waals surface area contributed by atoms with E-state index in [0.29, 0.717) is 14.3 Å². The van der Waals surface area contributed by atoms with Gasteiger partial charge in [0, 0.05) is 10.9 Å². The third kappa shape index (κ3) is 4.74. The molecule has 0 bridgehead atoms. The van der Waals surface area contributed by atoms with Crippen molar-refractivity contribution < 1.29 is 9.68 Å². The van der Waals surface area contributed by atoms with Gasteiger partial charge in [-0.15, -0.1) is 0 Å². The topological polar surface area (TPSA) is 23.2 Å². The molecule has 1 unspecified atom stereocenters. The van der Waals surface area contributed by atoms with E-state index >= 15 is 0 Å². The highest BCUT2D eigenvalue weighted by atomic mass is 31.1. The molecule has 0 fully saturated rings. The first-order valence-electron chi connectivity index (χ1n) is 9.47. The molecule has 0 saturated carbocycles. The van der Waals surface area contributed by atoms with Crippen molar-refractivity contribution in [3.63, 3.8) is 0 Å². The average molecular weight is 370 g/mol. The van der Waals surface area contributed by atoms with Crippen molar-refractivity contribution in [2.45, 2.75) is 53.9 Å². The number of nitrogens with zero attached hydrogens (tertiary/aromatic N) is 1. The molecule has 1 atom stereocenters. The van der Waals surface area contributed by atoms with Gasteiger partial charge in [0.05, 0.1) is 0 Å². The molecule has 2 nitrogen and oxygen atoms in total. The molecule has 0 aliphatic carbocycles. The smallest absolute Gasteiger partial charge is 0.171 e. The number of rotatable bonds is 5. The van der Waals surface area contributed by atoms with E-state index in [1.165, 1.54) is 22.0 Å². The van der Waals surface area contributed by atoms with Crippen LogP contribution in [0.15, 0.2) is 30.3 Å². The molecule has 0 aromatic heterocycles. The highest BCUT2D eigenvalue weighted by Crippen LogP contribution is 2.30. The summed E-state index contributed by atoms with van der Waals surface area (Å²) in [5.74, 6) is 0.438. The van der Waals surface area contributed by atoms with Crippen molar-refractivity contribution in [1.82, 2.24) is 0 Å². The predicted molar refractivity (Wildman–Crippen MR) is 117 cm³/mol. The Labute approximate surface area is 160 Å². The van der Waals surface area contributed by atoms with Gasteiger partial charge in [-0.2, -0.15) is 0 Å². The molecular formula is C23H33NOP+. The third-order valence-corrected chi connectivity index (χ3v) is 6.45. The fourth-order valence-corrected chi connectivity index (χ4v) is 4.40. The zero-order valence-electron chi connectivity index (χ0n) is 17.3. The summed E-state index contributed by atoms with van der Waals surface area (Å²) in [4.78, 5) is 0. The number of hydrogen-bond acceptors (Lipinski definition) is 1. The molecule has 2 aromatic carbocycles. The van der Waals surface area contributed by atoms with Crippen LogP contribution in [0.25, 0.3) is 0 Å². The molecular weight excluding hydrogens is 337 g/mol. The molecule has 0 saturated heterocycles. The Morgan fingerprint density at radius 1 is 1.04 bits per heavy atom. The summed E-state index contributed by atoms with van der Waals surface area (Å²) in [6.07, 6.45) is 2.26. The van der Waals surface area contributed by atoms with E-state index in [-0.39, 0.29) is 5.41 Å². The minimum absolute atomic E-state index is 0.0690. The Morgan fingerprint density at radius 3 is 2.27 bits per heavy atom. The largest absolute Gasteiger partial charge is 0.507 e. The second-order valence-corrected chi connectivity index (χ2v) is 9.24. The quantitative estimate of drug-likeness (QED) is 0.470. The number of aryl methyl sites for hydroxylation is 2. The van der Waals surface area contributed by atoms with E-state index in [2.05, 4.69) is 82.7 Å². The van der Waals surface area contributed by atoms with E-state index in [1.54, 1.807) is 0 Å². The summed E-state index contributed by atoms with van der Waals surface area (Å²) in [6, 6.07) is 10.8. The lowest BCUT2D eigenvalue weighted by Gasteiger charge is -2.22. The van der Waals surface area contributed by atoms with Gasteiger partial charge >= 0.3 is 0 Å². The normalized spacial score (nSPS) is 12.0. The van der Waals surface area contributed by atoms with E-state index < -0.39 is 0 Å². The minimum Gasteiger partial charge on any atom is -0.507 e. The molecule has 1 N–H and O–H groups in total. The van der Waals surface area contributed by atoms with Crippen LogP contribution in [0.4, 0.5) is 0 Å². The first-order chi connectivity index (χ1) is 12.2. The van der Waals surface area contributed by atoms with Gasteiger partial charge < -0.3 is 5.11 Å². The summed E-state index contributed by atoms with van der Waals surface area (Å²) in [6.45, 7) is 17.2. The van der Waals surface area contributed by atoms with Gasteiger partial charge in [0.1, 0.15) is 18.8 Å². The molecule has 2 rings (SSSR count). The first kappa shape index (κ1) is 20.6. The Balaban J connectivity index is 2.56. The lowest BCUT2D eigenvalue weighted by atomic mass is 9.86. The molecule has 26 heavy (non-hydrogen) atoms. The van der Waals surface area contributed by atoms with E-state index in [1.807, 2.05) is 6.92 Å². The Hall–Kier alpha value is -1.66. The van der Waals surface area contributed by atoms with Gasteiger partial charge in [0.15, 0.2) is 6.21 Å². The number of hydrogen-bond donors (Lipinski definition) is 1. The second kappa shape index (κ2) is 8.35. The second-order valence-electron chi connectivity index (χ2n) is 7.95. The third-order valence-electron chi connectivity index (χ3n) is 4.87. The summed E-state index contributed by atoms with van der Waals surface area (Å²) in [5, 5.41) is 13.1.